The molecule has 4 heteroatoms. The molecule has 0 amide bonds. The molecule has 0 atom stereocenters. The number of anilines is 4. The Balaban J connectivity index is 0.000000191. The molecule has 0 aromatic heterocycles. The van der Waals surface area contributed by atoms with Crippen LogP contribution in [0.25, 0.3) is 0 Å². The van der Waals surface area contributed by atoms with Gasteiger partial charge in [0.1, 0.15) is 0 Å². The highest BCUT2D eigenvalue weighted by atomic mass is 14.6. The Morgan fingerprint density at radius 3 is 1.03 bits per heavy atom. The minimum absolute atomic E-state index is 0.0403. The van der Waals surface area contributed by atoms with E-state index in [9.17, 15) is 0 Å². The van der Waals surface area contributed by atoms with Crippen LogP contribution in [-0.2, 0) is 10.8 Å². The smallest absolute Gasteiger partial charge is 0.0317 e. The van der Waals surface area contributed by atoms with Gasteiger partial charge < -0.3 is 22.9 Å². The van der Waals surface area contributed by atoms with Gasteiger partial charge >= 0.3 is 0 Å². The summed E-state index contributed by atoms with van der Waals surface area (Å²) >= 11 is 0. The highest BCUT2D eigenvalue weighted by Gasteiger charge is 2.23. The highest BCUT2D eigenvalue weighted by Crippen LogP contribution is 2.33. The zero-order valence-corrected chi connectivity index (χ0v) is 20.5. The minimum atomic E-state index is -0.0664. The van der Waals surface area contributed by atoms with Crippen molar-refractivity contribution in [3.8, 4) is 0 Å². The van der Waals surface area contributed by atoms with Gasteiger partial charge in [-0.05, 0) is 70.8 Å². The average Bonchev–Trinajstić information content (AvgIpc) is 2.80. The van der Waals surface area contributed by atoms with E-state index in [2.05, 4.69) is 70.2 Å². The molecular formula is C30H36N4. The van der Waals surface area contributed by atoms with Crippen molar-refractivity contribution in [3.05, 3.63) is 119 Å². The fourth-order valence-corrected chi connectivity index (χ4v) is 3.96. The third-order valence-corrected chi connectivity index (χ3v) is 6.51. The van der Waals surface area contributed by atoms with Crippen molar-refractivity contribution in [1.82, 2.24) is 0 Å². The van der Waals surface area contributed by atoms with Gasteiger partial charge in [-0.1, -0.05) is 76.2 Å². The van der Waals surface area contributed by atoms with Crippen LogP contribution in [0.3, 0.4) is 0 Å². The third-order valence-electron chi connectivity index (χ3n) is 6.51. The van der Waals surface area contributed by atoms with Gasteiger partial charge in [0.05, 0.1) is 0 Å². The Kier molecular flexibility index (Phi) is 7.21. The summed E-state index contributed by atoms with van der Waals surface area (Å²) < 4.78 is 0. The molecule has 0 radical (unpaired) electrons. The predicted molar refractivity (Wildman–Crippen MR) is 148 cm³/mol. The maximum Gasteiger partial charge on any atom is 0.0317 e. The third kappa shape index (κ3) is 5.70. The topological polar surface area (TPSA) is 104 Å². The van der Waals surface area contributed by atoms with E-state index in [0.29, 0.717) is 0 Å². The monoisotopic (exact) mass is 452 g/mol. The van der Waals surface area contributed by atoms with Crippen molar-refractivity contribution < 1.29 is 0 Å². The zero-order chi connectivity index (χ0) is 24.9. The Hall–Kier alpha value is -3.92. The van der Waals surface area contributed by atoms with Crippen LogP contribution in [0.15, 0.2) is 97.1 Å². The molecule has 0 aliphatic carbocycles. The molecule has 0 aliphatic rings. The fourth-order valence-electron chi connectivity index (χ4n) is 3.96. The van der Waals surface area contributed by atoms with E-state index in [4.69, 9.17) is 22.9 Å². The molecule has 0 bridgehead atoms. The van der Waals surface area contributed by atoms with Gasteiger partial charge in [-0.25, -0.2) is 0 Å². The van der Waals surface area contributed by atoms with Gasteiger partial charge in [0.2, 0.25) is 0 Å². The molecule has 8 N–H and O–H groups in total. The summed E-state index contributed by atoms with van der Waals surface area (Å²) in [5.74, 6) is 0. The first-order valence-electron chi connectivity index (χ1n) is 11.4. The van der Waals surface area contributed by atoms with Crippen LogP contribution in [0.4, 0.5) is 22.7 Å². The van der Waals surface area contributed by atoms with Gasteiger partial charge in [0.25, 0.3) is 0 Å². The van der Waals surface area contributed by atoms with Crippen LogP contribution >= 0.6 is 0 Å². The van der Waals surface area contributed by atoms with E-state index in [0.717, 1.165) is 22.7 Å². The van der Waals surface area contributed by atoms with E-state index >= 15 is 0 Å². The molecule has 0 saturated heterocycles. The summed E-state index contributed by atoms with van der Waals surface area (Å²) in [5.41, 5.74) is 31.0. The molecule has 0 aliphatic heterocycles. The Bertz CT molecular complexity index is 1160. The summed E-state index contributed by atoms with van der Waals surface area (Å²) in [5, 5.41) is 0. The molecule has 4 aromatic carbocycles. The molecule has 4 aromatic rings. The van der Waals surface area contributed by atoms with E-state index in [1.807, 2.05) is 54.6 Å². The van der Waals surface area contributed by atoms with Gasteiger partial charge in [-0.3, -0.25) is 0 Å². The summed E-state index contributed by atoms with van der Waals surface area (Å²) in [6.07, 6.45) is 0. The van der Waals surface area contributed by atoms with Crippen molar-refractivity contribution in [1.29, 1.82) is 0 Å². The summed E-state index contributed by atoms with van der Waals surface area (Å²) in [6.45, 7) is 8.77. The van der Waals surface area contributed by atoms with E-state index in [1.54, 1.807) is 0 Å². The first-order chi connectivity index (χ1) is 16.0. The number of benzene rings is 4. The van der Waals surface area contributed by atoms with Gasteiger partial charge in [-0.15, -0.1) is 0 Å². The number of rotatable bonds is 4. The van der Waals surface area contributed by atoms with Crippen LogP contribution in [0.1, 0.15) is 49.9 Å². The van der Waals surface area contributed by atoms with Crippen molar-refractivity contribution in [3.63, 3.8) is 0 Å². The lowest BCUT2D eigenvalue weighted by Crippen LogP contribution is -2.19. The van der Waals surface area contributed by atoms with E-state index in [-0.39, 0.29) is 10.8 Å². The van der Waals surface area contributed by atoms with Crippen LogP contribution in [0, 0.1) is 0 Å². The standard InChI is InChI=1S/2C15H18N2/c1-15(2,11-3-7-13(16)8-4-11)12-5-9-14(17)10-6-12;1-15(2,11-6-8-13(16)9-7-11)12-4-3-5-14(17)10-12/h2*3-10H,16-17H2,1-2H3. The maximum atomic E-state index is 5.84. The van der Waals surface area contributed by atoms with Gasteiger partial charge in [-0.2, -0.15) is 0 Å². The highest BCUT2D eigenvalue weighted by molar-refractivity contribution is 5.50. The quantitative estimate of drug-likeness (QED) is 0.271. The van der Waals surface area contributed by atoms with Crippen molar-refractivity contribution in [2.75, 3.05) is 22.9 Å². The zero-order valence-electron chi connectivity index (χ0n) is 20.5. The first kappa shape index (κ1) is 24.7. The number of nitrogen functional groups attached to an aromatic ring is 4. The minimum Gasteiger partial charge on any atom is -0.399 e. The molecule has 0 fully saturated rings. The molecule has 34 heavy (non-hydrogen) atoms. The lowest BCUT2D eigenvalue weighted by molar-refractivity contribution is 0.641. The fraction of sp³-hybridized carbons (Fsp3) is 0.200. The van der Waals surface area contributed by atoms with Crippen LogP contribution in [0.5, 0.6) is 0 Å². The SMILES string of the molecule is CC(C)(c1ccc(N)cc1)c1ccc(N)cc1.CC(C)(c1ccc(N)cc1)c1cccc(N)c1. The second kappa shape index (κ2) is 9.92. The summed E-state index contributed by atoms with van der Waals surface area (Å²) in [6, 6.07) is 32.1. The molecule has 0 saturated carbocycles. The average molecular weight is 453 g/mol. The molecule has 0 spiro atoms. The second-order valence-electron chi connectivity index (χ2n) is 9.74. The van der Waals surface area contributed by atoms with Crippen molar-refractivity contribution >= 4 is 22.7 Å². The molecule has 0 heterocycles. The lowest BCUT2D eigenvalue weighted by atomic mass is 9.78. The Morgan fingerprint density at radius 2 is 0.706 bits per heavy atom. The Morgan fingerprint density at radius 1 is 0.382 bits per heavy atom. The maximum absolute atomic E-state index is 5.84. The summed E-state index contributed by atoms with van der Waals surface area (Å²) in [4.78, 5) is 0. The molecule has 0 unspecified atom stereocenters. The van der Waals surface area contributed by atoms with Crippen molar-refractivity contribution in [2.45, 2.75) is 38.5 Å². The van der Waals surface area contributed by atoms with E-state index < -0.39 is 0 Å². The van der Waals surface area contributed by atoms with Crippen molar-refractivity contribution in [2.24, 2.45) is 0 Å². The van der Waals surface area contributed by atoms with Crippen LogP contribution in [0.2, 0.25) is 0 Å². The molecular weight excluding hydrogens is 416 g/mol. The van der Waals surface area contributed by atoms with Crippen LogP contribution < -0.4 is 22.9 Å². The largest absolute Gasteiger partial charge is 0.399 e. The normalized spacial score (nSPS) is 11.4. The molecule has 4 rings (SSSR count). The number of nitrogens with two attached hydrogens (primary N) is 4. The van der Waals surface area contributed by atoms with Crippen LogP contribution in [-0.4, -0.2) is 0 Å². The van der Waals surface area contributed by atoms with Gasteiger partial charge in [0, 0.05) is 33.6 Å². The second-order valence-corrected chi connectivity index (χ2v) is 9.74. The number of hydrogen-bond donors (Lipinski definition) is 4. The lowest BCUT2D eigenvalue weighted by Gasteiger charge is -2.26. The van der Waals surface area contributed by atoms with E-state index in [1.165, 1.54) is 22.3 Å². The summed E-state index contributed by atoms with van der Waals surface area (Å²) in [7, 11) is 0. The first-order valence-corrected chi connectivity index (χ1v) is 11.4. The number of hydrogen-bond acceptors (Lipinski definition) is 4. The van der Waals surface area contributed by atoms with Gasteiger partial charge in [0.15, 0.2) is 0 Å². The predicted octanol–water partition coefficient (Wildman–Crippen LogP) is 6.35. The Labute approximate surface area is 203 Å². The molecule has 176 valence electrons. The molecule has 4 nitrogen and oxygen atoms in total.